The Balaban J connectivity index is 1.74. The number of rotatable bonds is 8. The summed E-state index contributed by atoms with van der Waals surface area (Å²) in [6.45, 7) is 2.96. The van der Waals surface area contributed by atoms with Gasteiger partial charge in [-0.1, -0.05) is 37.6 Å². The molecule has 0 atom stereocenters. The van der Waals surface area contributed by atoms with E-state index in [-0.39, 0.29) is 0 Å². The molecule has 4 aromatic rings. The Morgan fingerprint density at radius 1 is 1.06 bits per heavy atom. The van der Waals surface area contributed by atoms with E-state index >= 15 is 0 Å². The van der Waals surface area contributed by atoms with E-state index in [9.17, 15) is 4.79 Å². The normalized spacial score (nSPS) is 11.2. The number of aryl methyl sites for hydroxylation is 2. The first-order chi connectivity index (χ1) is 15.1. The van der Waals surface area contributed by atoms with Crippen LogP contribution in [-0.2, 0) is 17.7 Å². The van der Waals surface area contributed by atoms with Gasteiger partial charge in [-0.15, -0.1) is 0 Å². The number of hydrogen-bond acceptors (Lipinski definition) is 6. The number of nitrogen functional groups attached to an aromatic ring is 1. The van der Waals surface area contributed by atoms with Crippen molar-refractivity contribution in [3.05, 3.63) is 59.7 Å². The number of benzene rings is 2. The quantitative estimate of drug-likeness (QED) is 0.337. The van der Waals surface area contributed by atoms with Crippen molar-refractivity contribution in [2.45, 2.75) is 32.7 Å². The summed E-state index contributed by atoms with van der Waals surface area (Å²) in [5.74, 6) is 0.688. The maximum Gasteiger partial charge on any atom is 0.344 e. The third-order valence-electron chi connectivity index (χ3n) is 5.31. The number of hydrogen-bond donors (Lipinski definition) is 1. The summed E-state index contributed by atoms with van der Waals surface area (Å²) in [5, 5.41) is 0. The number of carbonyl (C=O) groups is 1. The van der Waals surface area contributed by atoms with Crippen LogP contribution in [0.2, 0.25) is 0 Å². The zero-order chi connectivity index (χ0) is 21.8. The third kappa shape index (κ3) is 4.17. The van der Waals surface area contributed by atoms with Crippen molar-refractivity contribution >= 4 is 34.0 Å². The van der Waals surface area contributed by atoms with Gasteiger partial charge in [0.15, 0.2) is 5.65 Å². The first-order valence-corrected chi connectivity index (χ1v) is 10.5. The van der Waals surface area contributed by atoms with Crippen LogP contribution in [0.25, 0.3) is 22.2 Å². The summed E-state index contributed by atoms with van der Waals surface area (Å²) in [4.78, 5) is 22.3. The van der Waals surface area contributed by atoms with Gasteiger partial charge in [0.25, 0.3) is 0 Å². The Kier molecular flexibility index (Phi) is 6.02. The third-order valence-corrected chi connectivity index (χ3v) is 5.31. The molecule has 0 aliphatic carbocycles. The summed E-state index contributed by atoms with van der Waals surface area (Å²) in [6.07, 6.45) is 2.46. The first kappa shape index (κ1) is 20.7. The molecule has 4 rings (SSSR count). The molecule has 0 bridgehead atoms. The molecular weight excluding hydrogens is 392 g/mol. The van der Waals surface area contributed by atoms with Crippen molar-refractivity contribution in [1.29, 1.82) is 0 Å². The number of ether oxygens (including phenoxy) is 2. The highest BCUT2D eigenvalue weighted by Gasteiger charge is 2.25. The molecule has 0 radical (unpaired) electrons. The molecule has 0 unspecified atom stereocenters. The second-order valence-corrected chi connectivity index (χ2v) is 7.38. The van der Waals surface area contributed by atoms with Crippen LogP contribution in [0.4, 0.5) is 5.82 Å². The van der Waals surface area contributed by atoms with Crippen LogP contribution in [0.5, 0.6) is 5.75 Å². The molecule has 7 nitrogen and oxygen atoms in total. The lowest BCUT2D eigenvalue weighted by Crippen LogP contribution is -2.11. The number of aromatic nitrogens is 3. The fourth-order valence-electron chi connectivity index (χ4n) is 3.56. The lowest BCUT2D eigenvalue weighted by Gasteiger charge is -2.09. The first-order valence-electron chi connectivity index (χ1n) is 10.5. The minimum atomic E-state index is -0.455. The summed E-state index contributed by atoms with van der Waals surface area (Å²) in [5.41, 5.74) is 10.4. The fraction of sp³-hybridized carbons (Fsp3) is 0.292. The highest BCUT2D eigenvalue weighted by Crippen LogP contribution is 2.29. The Bertz CT molecular complexity index is 1220. The summed E-state index contributed by atoms with van der Waals surface area (Å²) in [6, 6.07) is 15.5. The van der Waals surface area contributed by atoms with Gasteiger partial charge in [-0.05, 0) is 42.7 Å². The Labute approximate surface area is 180 Å². The maximum absolute atomic E-state index is 12.9. The number of para-hydroxylation sites is 2. The van der Waals surface area contributed by atoms with E-state index in [2.05, 4.69) is 0 Å². The lowest BCUT2D eigenvalue weighted by atomic mass is 10.1. The minimum Gasteiger partial charge on any atom is -0.497 e. The van der Waals surface area contributed by atoms with Crippen LogP contribution < -0.4 is 10.5 Å². The maximum atomic E-state index is 12.9. The molecule has 2 N–H and O–H groups in total. The highest BCUT2D eigenvalue weighted by molar-refractivity contribution is 6.08. The topological polar surface area (TPSA) is 92.3 Å². The van der Waals surface area contributed by atoms with Crippen molar-refractivity contribution in [3.63, 3.8) is 0 Å². The second-order valence-electron chi connectivity index (χ2n) is 7.38. The molecule has 2 aromatic carbocycles. The standard InChI is InChI=1S/C24H26N4O3/c1-3-4-15-31-24(29)20-21-23(27-19-8-6-5-7-18(19)26-21)28(22(20)25)14-13-16-9-11-17(30-2)12-10-16/h5-12H,3-4,13-15,25H2,1-2H3. The van der Waals surface area contributed by atoms with Crippen molar-refractivity contribution in [1.82, 2.24) is 14.5 Å². The van der Waals surface area contributed by atoms with Gasteiger partial charge in [0.1, 0.15) is 22.6 Å². The van der Waals surface area contributed by atoms with Crippen LogP contribution >= 0.6 is 0 Å². The van der Waals surface area contributed by atoms with Crippen molar-refractivity contribution in [2.75, 3.05) is 19.5 Å². The Morgan fingerprint density at radius 3 is 2.45 bits per heavy atom. The van der Waals surface area contributed by atoms with Gasteiger partial charge >= 0.3 is 5.97 Å². The predicted octanol–water partition coefficient (Wildman–Crippen LogP) is 4.37. The van der Waals surface area contributed by atoms with Crippen molar-refractivity contribution in [2.24, 2.45) is 0 Å². The summed E-state index contributed by atoms with van der Waals surface area (Å²) < 4.78 is 12.5. The van der Waals surface area contributed by atoms with Gasteiger partial charge in [-0.2, -0.15) is 0 Å². The fourth-order valence-corrected chi connectivity index (χ4v) is 3.56. The van der Waals surface area contributed by atoms with E-state index < -0.39 is 5.97 Å². The van der Waals surface area contributed by atoms with Crippen LogP contribution in [-0.4, -0.2) is 34.2 Å². The average Bonchev–Trinajstić information content (AvgIpc) is 3.06. The highest BCUT2D eigenvalue weighted by atomic mass is 16.5. The van der Waals surface area contributed by atoms with E-state index in [0.29, 0.717) is 41.2 Å². The van der Waals surface area contributed by atoms with Crippen molar-refractivity contribution < 1.29 is 14.3 Å². The van der Waals surface area contributed by atoms with Gasteiger partial charge in [0, 0.05) is 6.54 Å². The Morgan fingerprint density at radius 2 is 1.77 bits per heavy atom. The Hall–Kier alpha value is -3.61. The molecule has 0 saturated heterocycles. The molecule has 2 aromatic heterocycles. The van der Waals surface area contributed by atoms with Crippen LogP contribution in [0, 0.1) is 0 Å². The van der Waals surface area contributed by atoms with E-state index in [4.69, 9.17) is 25.2 Å². The van der Waals surface area contributed by atoms with Gasteiger partial charge in [0.05, 0.1) is 24.8 Å². The zero-order valence-electron chi connectivity index (χ0n) is 17.8. The summed E-state index contributed by atoms with van der Waals surface area (Å²) >= 11 is 0. The number of methoxy groups -OCH3 is 1. The summed E-state index contributed by atoms with van der Waals surface area (Å²) in [7, 11) is 1.64. The minimum absolute atomic E-state index is 0.291. The van der Waals surface area contributed by atoms with Gasteiger partial charge < -0.3 is 19.8 Å². The number of anilines is 1. The van der Waals surface area contributed by atoms with Crippen molar-refractivity contribution in [3.8, 4) is 5.75 Å². The largest absolute Gasteiger partial charge is 0.497 e. The van der Waals surface area contributed by atoms with Crippen LogP contribution in [0.1, 0.15) is 35.7 Å². The van der Waals surface area contributed by atoms with E-state index in [1.165, 1.54) is 0 Å². The van der Waals surface area contributed by atoms with Gasteiger partial charge in [-0.3, -0.25) is 0 Å². The molecule has 0 fully saturated rings. The van der Waals surface area contributed by atoms with E-state index in [0.717, 1.165) is 36.1 Å². The number of nitrogens with zero attached hydrogens (tertiary/aromatic N) is 3. The lowest BCUT2D eigenvalue weighted by molar-refractivity contribution is 0.0503. The molecular formula is C24H26N4O3. The zero-order valence-corrected chi connectivity index (χ0v) is 17.8. The number of fused-ring (bicyclic) bond motifs is 2. The second kappa shape index (κ2) is 9.04. The van der Waals surface area contributed by atoms with E-state index in [1.807, 2.05) is 60.0 Å². The smallest absolute Gasteiger partial charge is 0.344 e. The van der Waals surface area contributed by atoms with Gasteiger partial charge in [-0.25, -0.2) is 14.8 Å². The number of unbranched alkanes of at least 4 members (excludes halogenated alkanes) is 1. The molecule has 7 heteroatoms. The molecule has 2 heterocycles. The molecule has 0 aliphatic heterocycles. The molecule has 0 saturated carbocycles. The molecule has 0 aliphatic rings. The van der Waals surface area contributed by atoms with Crippen LogP contribution in [0.3, 0.4) is 0 Å². The number of nitrogens with two attached hydrogens (primary N) is 1. The number of esters is 1. The van der Waals surface area contributed by atoms with Gasteiger partial charge in [0.2, 0.25) is 0 Å². The van der Waals surface area contributed by atoms with Crippen LogP contribution in [0.15, 0.2) is 48.5 Å². The molecule has 31 heavy (non-hydrogen) atoms. The SMILES string of the molecule is CCCCOC(=O)c1c(N)n(CCc2ccc(OC)cc2)c2nc3ccccc3nc12. The number of carbonyl (C=O) groups excluding carboxylic acids is 1. The molecule has 0 amide bonds. The van der Waals surface area contributed by atoms with E-state index in [1.54, 1.807) is 7.11 Å². The molecule has 0 spiro atoms. The molecule has 160 valence electrons. The monoisotopic (exact) mass is 418 g/mol. The predicted molar refractivity (Wildman–Crippen MR) is 121 cm³/mol. The average molecular weight is 418 g/mol.